The van der Waals surface area contributed by atoms with Crippen LogP contribution in [0.4, 0.5) is 0 Å². The fourth-order valence-electron chi connectivity index (χ4n) is 1.19. The van der Waals surface area contributed by atoms with Gasteiger partial charge in [-0.15, -0.1) is 0 Å². The highest BCUT2D eigenvalue weighted by atomic mass is 35.5. The Kier molecular flexibility index (Phi) is 3.01. The molecule has 0 atom stereocenters. The van der Waals surface area contributed by atoms with Crippen LogP contribution in [0.3, 0.4) is 0 Å². The highest BCUT2D eigenvalue weighted by molar-refractivity contribution is 7.04. The van der Waals surface area contributed by atoms with E-state index in [2.05, 4.69) is 4.37 Å². The van der Waals surface area contributed by atoms with Crippen LogP contribution in [0.5, 0.6) is 5.88 Å². The Morgan fingerprint density at radius 2 is 2.07 bits per heavy atom. The van der Waals surface area contributed by atoms with Crippen LogP contribution in [-0.2, 0) is 0 Å². The van der Waals surface area contributed by atoms with Crippen molar-refractivity contribution < 1.29 is 4.74 Å². The molecule has 0 saturated heterocycles. The fraction of sp³-hybridized carbons (Fsp3) is 0.100. The molecule has 14 heavy (non-hydrogen) atoms. The molecule has 0 unspecified atom stereocenters. The third-order valence-electron chi connectivity index (χ3n) is 1.81. The van der Waals surface area contributed by atoms with E-state index in [1.54, 1.807) is 0 Å². The predicted molar refractivity (Wildman–Crippen MR) is 58.9 cm³/mol. The first kappa shape index (κ1) is 9.49. The van der Waals surface area contributed by atoms with Gasteiger partial charge in [0.25, 0.3) is 0 Å². The van der Waals surface area contributed by atoms with Crippen molar-refractivity contribution in [1.29, 1.82) is 0 Å². The first-order valence-corrected chi connectivity index (χ1v) is 5.47. The molecule has 4 heteroatoms. The van der Waals surface area contributed by atoms with Gasteiger partial charge >= 0.3 is 0 Å². The number of benzene rings is 1. The van der Waals surface area contributed by atoms with Crippen molar-refractivity contribution in [3.05, 3.63) is 35.7 Å². The normalized spacial score (nSPS) is 10.1. The molecule has 0 N–H and O–H groups in total. The quantitative estimate of drug-likeness (QED) is 0.748. The fourth-order valence-corrected chi connectivity index (χ4v) is 1.94. The number of aromatic nitrogens is 1. The number of hydrogen-bond donors (Lipinski definition) is 0. The summed E-state index contributed by atoms with van der Waals surface area (Å²) in [7, 11) is 0. The van der Waals surface area contributed by atoms with Crippen LogP contribution >= 0.6 is 23.1 Å². The molecular formula is C10H8ClNOS. The van der Waals surface area contributed by atoms with Crippen LogP contribution in [0.1, 0.15) is 0 Å². The zero-order valence-electron chi connectivity index (χ0n) is 7.31. The second-order valence-electron chi connectivity index (χ2n) is 2.65. The molecule has 2 rings (SSSR count). The first-order chi connectivity index (χ1) is 6.92. The van der Waals surface area contributed by atoms with E-state index >= 15 is 0 Å². The van der Waals surface area contributed by atoms with Crippen molar-refractivity contribution in [3.63, 3.8) is 0 Å². The Morgan fingerprint density at radius 1 is 1.29 bits per heavy atom. The lowest BCUT2D eigenvalue weighted by molar-refractivity contribution is 0.378. The Labute approximate surface area is 91.3 Å². The highest BCUT2D eigenvalue weighted by Crippen LogP contribution is 2.30. The van der Waals surface area contributed by atoms with E-state index in [9.17, 15) is 0 Å². The van der Waals surface area contributed by atoms with Crippen LogP contribution in [0.2, 0.25) is 0 Å². The Hall–Kier alpha value is -1.06. The van der Waals surface area contributed by atoms with Gasteiger partial charge in [-0.2, -0.15) is 4.37 Å². The van der Waals surface area contributed by atoms with Gasteiger partial charge in [-0.3, -0.25) is 0 Å². The lowest BCUT2D eigenvalue weighted by Gasteiger charge is -2.01. The molecule has 0 radical (unpaired) electrons. The molecule has 0 spiro atoms. The average Bonchev–Trinajstić information content (AvgIpc) is 2.68. The minimum atomic E-state index is 0.129. The first-order valence-electron chi connectivity index (χ1n) is 4.10. The molecule has 1 heterocycles. The second kappa shape index (κ2) is 4.44. The molecule has 0 aliphatic heterocycles. The monoisotopic (exact) mass is 225 g/mol. The zero-order valence-corrected chi connectivity index (χ0v) is 8.89. The van der Waals surface area contributed by atoms with E-state index in [1.807, 2.05) is 35.7 Å². The van der Waals surface area contributed by atoms with Crippen molar-refractivity contribution in [2.75, 3.05) is 6.07 Å². The Morgan fingerprint density at radius 3 is 2.79 bits per heavy atom. The number of alkyl halides is 1. The third-order valence-corrected chi connectivity index (χ3v) is 2.53. The number of hydrogen-bond acceptors (Lipinski definition) is 3. The van der Waals surface area contributed by atoms with Gasteiger partial charge in [0.2, 0.25) is 5.88 Å². The van der Waals surface area contributed by atoms with E-state index in [1.165, 1.54) is 11.5 Å². The molecule has 2 aromatic rings. The Balaban J connectivity index is 2.37. The second-order valence-corrected chi connectivity index (χ2v) is 3.50. The van der Waals surface area contributed by atoms with Gasteiger partial charge in [0.1, 0.15) is 0 Å². The average molecular weight is 226 g/mol. The summed E-state index contributed by atoms with van der Waals surface area (Å²) in [6.07, 6.45) is 0. The summed E-state index contributed by atoms with van der Waals surface area (Å²) >= 11 is 6.86. The van der Waals surface area contributed by atoms with Gasteiger partial charge in [0, 0.05) is 5.38 Å². The number of ether oxygens (including phenoxy) is 1. The van der Waals surface area contributed by atoms with E-state index in [4.69, 9.17) is 16.3 Å². The maximum atomic E-state index is 5.49. The molecule has 0 amide bonds. The van der Waals surface area contributed by atoms with E-state index < -0.39 is 0 Å². The van der Waals surface area contributed by atoms with Crippen molar-refractivity contribution in [2.45, 2.75) is 0 Å². The number of rotatable bonds is 3. The Bertz CT molecular complexity index is 402. The SMILES string of the molecule is ClCOc1nscc1-c1ccccc1. The van der Waals surface area contributed by atoms with Gasteiger partial charge in [-0.25, -0.2) is 0 Å². The summed E-state index contributed by atoms with van der Waals surface area (Å²) in [5.41, 5.74) is 2.10. The van der Waals surface area contributed by atoms with E-state index in [0.29, 0.717) is 5.88 Å². The lowest BCUT2D eigenvalue weighted by Crippen LogP contribution is -1.90. The van der Waals surface area contributed by atoms with Crippen LogP contribution in [0.15, 0.2) is 35.7 Å². The number of halogens is 1. The molecule has 1 aromatic carbocycles. The van der Waals surface area contributed by atoms with Crippen LogP contribution in [0, 0.1) is 0 Å². The largest absolute Gasteiger partial charge is 0.460 e. The van der Waals surface area contributed by atoms with Crippen LogP contribution in [0.25, 0.3) is 11.1 Å². The van der Waals surface area contributed by atoms with E-state index in [0.717, 1.165) is 11.1 Å². The highest BCUT2D eigenvalue weighted by Gasteiger charge is 2.08. The molecule has 1 aromatic heterocycles. The smallest absolute Gasteiger partial charge is 0.234 e. The van der Waals surface area contributed by atoms with Gasteiger partial charge < -0.3 is 4.74 Å². The summed E-state index contributed by atoms with van der Waals surface area (Å²) in [4.78, 5) is 0. The molecule has 0 saturated carbocycles. The molecule has 72 valence electrons. The summed E-state index contributed by atoms with van der Waals surface area (Å²) in [6.45, 7) is 0. The summed E-state index contributed by atoms with van der Waals surface area (Å²) in [5, 5.41) is 1.96. The van der Waals surface area contributed by atoms with Crippen molar-refractivity contribution >= 4 is 23.1 Å². The number of nitrogens with zero attached hydrogens (tertiary/aromatic N) is 1. The molecular weight excluding hydrogens is 218 g/mol. The third kappa shape index (κ3) is 1.89. The minimum absolute atomic E-state index is 0.129. The van der Waals surface area contributed by atoms with Crippen molar-refractivity contribution in [1.82, 2.24) is 4.37 Å². The van der Waals surface area contributed by atoms with Gasteiger partial charge in [0.05, 0.1) is 5.56 Å². The zero-order chi connectivity index (χ0) is 9.80. The topological polar surface area (TPSA) is 22.1 Å². The molecule has 0 fully saturated rings. The van der Waals surface area contributed by atoms with Crippen molar-refractivity contribution in [3.8, 4) is 17.0 Å². The maximum Gasteiger partial charge on any atom is 0.234 e. The lowest BCUT2D eigenvalue weighted by atomic mass is 10.1. The van der Waals surface area contributed by atoms with Gasteiger partial charge in [-0.1, -0.05) is 41.9 Å². The van der Waals surface area contributed by atoms with E-state index in [-0.39, 0.29) is 6.07 Å². The molecule has 0 aliphatic carbocycles. The van der Waals surface area contributed by atoms with Gasteiger partial charge in [-0.05, 0) is 17.1 Å². The van der Waals surface area contributed by atoms with Crippen LogP contribution in [-0.4, -0.2) is 10.4 Å². The standard InChI is InChI=1S/C10H8ClNOS/c11-7-13-10-9(6-14-12-10)8-4-2-1-3-5-8/h1-6H,7H2. The summed E-state index contributed by atoms with van der Waals surface area (Å²) < 4.78 is 9.31. The minimum Gasteiger partial charge on any atom is -0.460 e. The molecule has 0 aliphatic rings. The molecule has 2 nitrogen and oxygen atoms in total. The predicted octanol–water partition coefficient (Wildman–Crippen LogP) is 3.39. The summed E-state index contributed by atoms with van der Waals surface area (Å²) in [5.74, 6) is 0.608. The van der Waals surface area contributed by atoms with Gasteiger partial charge in [0.15, 0.2) is 6.07 Å². The molecule has 0 bridgehead atoms. The van der Waals surface area contributed by atoms with Crippen LogP contribution < -0.4 is 4.74 Å². The maximum absolute atomic E-state index is 5.49. The van der Waals surface area contributed by atoms with Crippen molar-refractivity contribution in [2.24, 2.45) is 0 Å². The summed E-state index contributed by atoms with van der Waals surface area (Å²) in [6, 6.07) is 10.1.